The zero-order valence-corrected chi connectivity index (χ0v) is 10.1. The molecule has 80 valence electrons. The molecular formula is C10H23NOS. The van der Waals surface area contributed by atoms with Gasteiger partial charge in [-0.05, 0) is 19.3 Å². The van der Waals surface area contributed by atoms with Crippen LogP contribution in [0.3, 0.4) is 0 Å². The smallest absolute Gasteiger partial charge is 0.0360 e. The molecule has 0 aliphatic carbocycles. The third-order valence-electron chi connectivity index (χ3n) is 1.97. The summed E-state index contributed by atoms with van der Waals surface area (Å²) in [6, 6.07) is 0.550. The van der Waals surface area contributed by atoms with Gasteiger partial charge in [-0.2, -0.15) is 0 Å². The van der Waals surface area contributed by atoms with Crippen LogP contribution < -0.4 is 5.32 Å². The Morgan fingerprint density at radius 3 is 2.38 bits per heavy atom. The van der Waals surface area contributed by atoms with E-state index in [-0.39, 0.29) is 0 Å². The van der Waals surface area contributed by atoms with Crippen LogP contribution in [0.15, 0.2) is 0 Å². The largest absolute Gasteiger partial charge is 0.313 e. The lowest BCUT2D eigenvalue weighted by Gasteiger charge is -2.15. The minimum absolute atomic E-state index is 0.550. The Morgan fingerprint density at radius 2 is 1.92 bits per heavy atom. The van der Waals surface area contributed by atoms with E-state index in [4.69, 9.17) is 0 Å². The second kappa shape index (κ2) is 7.51. The Kier molecular flexibility index (Phi) is 7.57. The molecule has 0 amide bonds. The lowest BCUT2D eigenvalue weighted by molar-refractivity contribution is 0.452. The summed E-state index contributed by atoms with van der Waals surface area (Å²) in [6.07, 6.45) is 1.19. The van der Waals surface area contributed by atoms with Gasteiger partial charge in [-0.15, -0.1) is 0 Å². The van der Waals surface area contributed by atoms with Gasteiger partial charge in [-0.3, -0.25) is 4.21 Å². The van der Waals surface area contributed by atoms with Crippen molar-refractivity contribution in [1.82, 2.24) is 5.32 Å². The van der Waals surface area contributed by atoms with E-state index in [2.05, 4.69) is 26.1 Å². The van der Waals surface area contributed by atoms with E-state index in [1.54, 1.807) is 0 Å². The molecule has 3 heteroatoms. The van der Waals surface area contributed by atoms with Gasteiger partial charge in [0.15, 0.2) is 0 Å². The second-order valence-electron chi connectivity index (χ2n) is 3.92. The highest BCUT2D eigenvalue weighted by Gasteiger charge is 2.04. The number of hydrogen-bond donors (Lipinski definition) is 1. The first kappa shape index (κ1) is 13.1. The van der Waals surface area contributed by atoms with Crippen LogP contribution in [0.25, 0.3) is 0 Å². The normalized spacial score (nSPS) is 16.1. The van der Waals surface area contributed by atoms with Gasteiger partial charge < -0.3 is 5.32 Å². The number of hydrogen-bond acceptors (Lipinski definition) is 2. The summed E-state index contributed by atoms with van der Waals surface area (Å²) in [5, 5.41) is 3.39. The number of rotatable bonds is 7. The predicted molar refractivity (Wildman–Crippen MR) is 60.5 cm³/mol. The molecule has 0 saturated carbocycles. The van der Waals surface area contributed by atoms with Gasteiger partial charge in [-0.25, -0.2) is 0 Å². The summed E-state index contributed by atoms with van der Waals surface area (Å²) in [6.45, 7) is 9.49. The molecule has 0 heterocycles. The summed E-state index contributed by atoms with van der Waals surface area (Å²) < 4.78 is 11.1. The van der Waals surface area contributed by atoms with Crippen molar-refractivity contribution in [2.45, 2.75) is 40.2 Å². The van der Waals surface area contributed by atoms with Gasteiger partial charge in [0.2, 0.25) is 0 Å². The number of nitrogens with one attached hydrogen (secondary N) is 1. The molecule has 0 aromatic rings. The minimum Gasteiger partial charge on any atom is -0.313 e. The highest BCUT2D eigenvalue weighted by Crippen LogP contribution is 2.03. The molecule has 2 nitrogen and oxygen atoms in total. The highest BCUT2D eigenvalue weighted by atomic mass is 32.2. The van der Waals surface area contributed by atoms with Crippen LogP contribution in [0.1, 0.15) is 34.1 Å². The fourth-order valence-electron chi connectivity index (χ4n) is 1.35. The van der Waals surface area contributed by atoms with Crippen molar-refractivity contribution in [3.05, 3.63) is 0 Å². The predicted octanol–water partition coefficient (Wildman–Crippen LogP) is 1.78. The monoisotopic (exact) mass is 205 g/mol. The highest BCUT2D eigenvalue weighted by molar-refractivity contribution is 7.84. The maximum atomic E-state index is 11.1. The van der Waals surface area contributed by atoms with Gasteiger partial charge >= 0.3 is 0 Å². The van der Waals surface area contributed by atoms with Crippen LogP contribution in [0.4, 0.5) is 0 Å². The Balaban J connectivity index is 3.36. The molecule has 0 fully saturated rings. The minimum atomic E-state index is -0.619. The van der Waals surface area contributed by atoms with Gasteiger partial charge in [0.1, 0.15) is 0 Å². The van der Waals surface area contributed by atoms with Crippen molar-refractivity contribution < 1.29 is 4.21 Å². The summed E-state index contributed by atoms with van der Waals surface area (Å²) in [5.41, 5.74) is 0. The third kappa shape index (κ3) is 8.44. The van der Waals surface area contributed by atoms with E-state index in [0.717, 1.165) is 24.0 Å². The molecule has 0 aromatic heterocycles. The summed E-state index contributed by atoms with van der Waals surface area (Å²) >= 11 is 0. The lowest BCUT2D eigenvalue weighted by atomic mass is 10.1. The average molecular weight is 205 g/mol. The van der Waals surface area contributed by atoms with Crippen LogP contribution in [0.5, 0.6) is 0 Å². The van der Waals surface area contributed by atoms with Crippen molar-refractivity contribution in [2.24, 2.45) is 5.92 Å². The van der Waals surface area contributed by atoms with Gasteiger partial charge in [0.25, 0.3) is 0 Å². The fourth-order valence-corrected chi connectivity index (χ4v) is 1.99. The molecule has 0 aliphatic rings. The fraction of sp³-hybridized carbons (Fsp3) is 1.00. The standard InChI is InChI=1S/C10H23NOS/c1-5-13(12)7-6-11-10(4)8-9(2)3/h9-11H,5-8H2,1-4H3. The molecule has 0 bridgehead atoms. The van der Waals surface area contributed by atoms with E-state index >= 15 is 0 Å². The summed E-state index contributed by atoms with van der Waals surface area (Å²) in [7, 11) is -0.619. The van der Waals surface area contributed by atoms with Gasteiger partial charge in [-0.1, -0.05) is 20.8 Å². The first-order valence-corrected chi connectivity index (χ1v) is 6.63. The van der Waals surface area contributed by atoms with Crippen molar-refractivity contribution >= 4 is 10.8 Å². The Hall–Kier alpha value is 0.110. The molecule has 13 heavy (non-hydrogen) atoms. The van der Waals surface area contributed by atoms with Crippen LogP contribution in [-0.4, -0.2) is 28.3 Å². The third-order valence-corrected chi connectivity index (χ3v) is 3.27. The molecule has 0 rings (SSSR count). The first-order chi connectivity index (χ1) is 6.06. The topological polar surface area (TPSA) is 29.1 Å². The molecule has 0 saturated heterocycles. The average Bonchev–Trinajstić information content (AvgIpc) is 2.02. The molecule has 0 aromatic carbocycles. The first-order valence-electron chi connectivity index (χ1n) is 5.14. The summed E-state index contributed by atoms with van der Waals surface area (Å²) in [4.78, 5) is 0. The van der Waals surface area contributed by atoms with Gasteiger partial charge in [0, 0.05) is 34.9 Å². The van der Waals surface area contributed by atoms with E-state index in [1.165, 1.54) is 6.42 Å². The van der Waals surface area contributed by atoms with Crippen molar-refractivity contribution in [3.63, 3.8) is 0 Å². The van der Waals surface area contributed by atoms with E-state index in [9.17, 15) is 4.21 Å². The maximum Gasteiger partial charge on any atom is 0.0360 e. The van der Waals surface area contributed by atoms with Crippen molar-refractivity contribution in [2.75, 3.05) is 18.1 Å². The second-order valence-corrected chi connectivity index (χ2v) is 5.78. The molecule has 0 radical (unpaired) electrons. The van der Waals surface area contributed by atoms with E-state index < -0.39 is 10.8 Å². The molecule has 1 N–H and O–H groups in total. The Morgan fingerprint density at radius 1 is 1.31 bits per heavy atom. The molecule has 0 aliphatic heterocycles. The van der Waals surface area contributed by atoms with E-state index in [1.807, 2.05) is 6.92 Å². The van der Waals surface area contributed by atoms with Gasteiger partial charge in [0.05, 0.1) is 0 Å². The van der Waals surface area contributed by atoms with E-state index in [0.29, 0.717) is 6.04 Å². The quantitative estimate of drug-likeness (QED) is 0.686. The van der Waals surface area contributed by atoms with Crippen LogP contribution in [0, 0.1) is 5.92 Å². The Labute approximate surface area is 84.9 Å². The summed E-state index contributed by atoms with van der Waals surface area (Å²) in [5.74, 6) is 2.30. The van der Waals surface area contributed by atoms with Crippen molar-refractivity contribution in [1.29, 1.82) is 0 Å². The van der Waals surface area contributed by atoms with Crippen LogP contribution >= 0.6 is 0 Å². The van der Waals surface area contributed by atoms with Crippen LogP contribution in [-0.2, 0) is 10.8 Å². The zero-order valence-electron chi connectivity index (χ0n) is 9.30. The zero-order chi connectivity index (χ0) is 10.3. The molecular weight excluding hydrogens is 182 g/mol. The lowest BCUT2D eigenvalue weighted by Crippen LogP contribution is -2.31. The van der Waals surface area contributed by atoms with Crippen molar-refractivity contribution in [3.8, 4) is 0 Å². The molecule has 2 atom stereocenters. The molecule has 0 spiro atoms. The SMILES string of the molecule is CCS(=O)CCNC(C)CC(C)C. The Bertz CT molecular complexity index is 148. The molecule has 2 unspecified atom stereocenters. The van der Waals surface area contributed by atoms with Crippen LogP contribution in [0.2, 0.25) is 0 Å². The maximum absolute atomic E-state index is 11.1.